The highest BCUT2D eigenvalue weighted by molar-refractivity contribution is 5.69. The van der Waals surface area contributed by atoms with Crippen molar-refractivity contribution in [3.8, 4) is 0 Å². The fourth-order valence-electron chi connectivity index (χ4n) is 2.38. The SMILES string of the molecule is CC1CN(c2ccc([N+](=O)[O-])c(NCCO)c2)CCN1. The highest BCUT2D eigenvalue weighted by Crippen LogP contribution is 2.29. The Bertz CT molecular complexity index is 481. The molecule has 1 aromatic carbocycles. The fraction of sp³-hybridized carbons (Fsp3) is 0.538. The first-order valence-electron chi connectivity index (χ1n) is 6.73. The number of anilines is 2. The van der Waals surface area contributed by atoms with Gasteiger partial charge in [-0.05, 0) is 19.1 Å². The van der Waals surface area contributed by atoms with Crippen molar-refractivity contribution >= 4 is 17.1 Å². The van der Waals surface area contributed by atoms with Gasteiger partial charge in [-0.3, -0.25) is 10.1 Å². The number of piperazine rings is 1. The van der Waals surface area contributed by atoms with E-state index in [1.54, 1.807) is 12.1 Å². The predicted octanol–water partition coefficient (Wildman–Crippen LogP) is 0.797. The van der Waals surface area contributed by atoms with E-state index in [0.29, 0.717) is 18.3 Å². The number of nitrogens with one attached hydrogen (secondary N) is 2. The van der Waals surface area contributed by atoms with Gasteiger partial charge in [0.1, 0.15) is 5.69 Å². The third kappa shape index (κ3) is 3.37. The van der Waals surface area contributed by atoms with Crippen LogP contribution < -0.4 is 15.5 Å². The summed E-state index contributed by atoms with van der Waals surface area (Å²) < 4.78 is 0. The summed E-state index contributed by atoms with van der Waals surface area (Å²) in [5.74, 6) is 0. The smallest absolute Gasteiger partial charge is 0.292 e. The molecular formula is C13H20N4O3. The first-order valence-corrected chi connectivity index (χ1v) is 6.73. The molecule has 1 fully saturated rings. The first-order chi connectivity index (χ1) is 9.61. The third-order valence-corrected chi connectivity index (χ3v) is 3.34. The number of nitrogens with zero attached hydrogens (tertiary/aromatic N) is 2. The van der Waals surface area contributed by atoms with Crippen LogP contribution in [0.3, 0.4) is 0 Å². The summed E-state index contributed by atoms with van der Waals surface area (Å²) in [4.78, 5) is 12.8. The van der Waals surface area contributed by atoms with Crippen LogP contribution >= 0.6 is 0 Å². The maximum absolute atomic E-state index is 11.0. The normalized spacial score (nSPS) is 18.9. The Morgan fingerprint density at radius 1 is 1.60 bits per heavy atom. The molecule has 1 aliphatic rings. The van der Waals surface area contributed by atoms with E-state index >= 15 is 0 Å². The second kappa shape index (κ2) is 6.53. The van der Waals surface area contributed by atoms with Crippen molar-refractivity contribution in [1.82, 2.24) is 5.32 Å². The average molecular weight is 280 g/mol. The zero-order chi connectivity index (χ0) is 14.5. The van der Waals surface area contributed by atoms with Crippen molar-refractivity contribution < 1.29 is 10.0 Å². The first kappa shape index (κ1) is 14.5. The molecule has 1 heterocycles. The van der Waals surface area contributed by atoms with Gasteiger partial charge >= 0.3 is 0 Å². The molecule has 2 rings (SSSR count). The number of aliphatic hydroxyl groups excluding tert-OH is 1. The number of nitro groups is 1. The van der Waals surface area contributed by atoms with Crippen molar-refractivity contribution in [2.45, 2.75) is 13.0 Å². The van der Waals surface area contributed by atoms with E-state index in [9.17, 15) is 10.1 Å². The maximum atomic E-state index is 11.0. The second-order valence-electron chi connectivity index (χ2n) is 4.91. The summed E-state index contributed by atoms with van der Waals surface area (Å²) in [6.45, 7) is 4.99. The summed E-state index contributed by atoms with van der Waals surface area (Å²) in [6, 6.07) is 5.47. The minimum Gasteiger partial charge on any atom is -0.395 e. The molecule has 3 N–H and O–H groups in total. The van der Waals surface area contributed by atoms with E-state index in [-0.39, 0.29) is 12.3 Å². The van der Waals surface area contributed by atoms with Crippen LogP contribution in [0, 0.1) is 10.1 Å². The average Bonchev–Trinajstić information content (AvgIpc) is 2.44. The Balaban J connectivity index is 2.23. The van der Waals surface area contributed by atoms with E-state index < -0.39 is 4.92 Å². The van der Waals surface area contributed by atoms with E-state index in [2.05, 4.69) is 22.5 Å². The second-order valence-corrected chi connectivity index (χ2v) is 4.91. The molecule has 1 saturated heterocycles. The lowest BCUT2D eigenvalue weighted by atomic mass is 10.1. The number of rotatable bonds is 5. The zero-order valence-electron chi connectivity index (χ0n) is 11.5. The minimum atomic E-state index is -0.413. The van der Waals surface area contributed by atoms with Gasteiger partial charge in [-0.2, -0.15) is 0 Å². The summed E-state index contributed by atoms with van der Waals surface area (Å²) >= 11 is 0. The zero-order valence-corrected chi connectivity index (χ0v) is 11.5. The molecule has 110 valence electrons. The summed E-state index contributed by atoms with van der Waals surface area (Å²) in [7, 11) is 0. The van der Waals surface area contributed by atoms with Crippen molar-refractivity contribution in [1.29, 1.82) is 0 Å². The van der Waals surface area contributed by atoms with Crippen LogP contribution in [0.15, 0.2) is 18.2 Å². The topological polar surface area (TPSA) is 90.7 Å². The Morgan fingerprint density at radius 2 is 2.40 bits per heavy atom. The number of hydrogen-bond acceptors (Lipinski definition) is 6. The molecule has 0 spiro atoms. The quantitative estimate of drug-likeness (QED) is 0.546. The van der Waals surface area contributed by atoms with Gasteiger partial charge in [0, 0.05) is 44.0 Å². The summed E-state index contributed by atoms with van der Waals surface area (Å²) in [5.41, 5.74) is 1.45. The molecule has 0 aliphatic carbocycles. The van der Waals surface area contributed by atoms with Crippen molar-refractivity contribution in [3.63, 3.8) is 0 Å². The lowest BCUT2D eigenvalue weighted by Crippen LogP contribution is -2.49. The molecule has 20 heavy (non-hydrogen) atoms. The minimum absolute atomic E-state index is 0.0328. The van der Waals surface area contributed by atoms with Crippen LogP contribution in [0.5, 0.6) is 0 Å². The van der Waals surface area contributed by atoms with Crippen LogP contribution in [0.2, 0.25) is 0 Å². The van der Waals surface area contributed by atoms with Crippen LogP contribution in [-0.2, 0) is 0 Å². The van der Waals surface area contributed by atoms with Gasteiger partial charge in [-0.15, -0.1) is 0 Å². The molecule has 1 atom stereocenters. The van der Waals surface area contributed by atoms with Crippen LogP contribution in [0.4, 0.5) is 17.1 Å². The monoisotopic (exact) mass is 280 g/mol. The van der Waals surface area contributed by atoms with Gasteiger partial charge < -0.3 is 20.6 Å². The lowest BCUT2D eigenvalue weighted by Gasteiger charge is -2.33. The van der Waals surface area contributed by atoms with Gasteiger partial charge in [0.2, 0.25) is 0 Å². The number of benzene rings is 1. The maximum Gasteiger partial charge on any atom is 0.292 e. The lowest BCUT2D eigenvalue weighted by molar-refractivity contribution is -0.383. The van der Waals surface area contributed by atoms with Gasteiger partial charge in [0.05, 0.1) is 11.5 Å². The molecule has 0 amide bonds. The molecule has 1 unspecified atom stereocenters. The van der Waals surface area contributed by atoms with Gasteiger partial charge in [-0.25, -0.2) is 0 Å². The standard InChI is InChI=1S/C13H20N4O3/c1-10-9-16(6-4-14-10)11-2-3-13(17(19)20)12(8-11)15-5-7-18/h2-3,8,10,14-15,18H,4-7,9H2,1H3. The van der Waals surface area contributed by atoms with Crippen molar-refractivity contribution in [3.05, 3.63) is 28.3 Å². The van der Waals surface area contributed by atoms with Crippen LogP contribution in [0.1, 0.15) is 6.92 Å². The third-order valence-electron chi connectivity index (χ3n) is 3.34. The molecule has 0 saturated carbocycles. The van der Waals surface area contributed by atoms with Gasteiger partial charge in [0.15, 0.2) is 0 Å². The Labute approximate surface area is 117 Å². The van der Waals surface area contributed by atoms with E-state index in [1.165, 1.54) is 6.07 Å². The van der Waals surface area contributed by atoms with Gasteiger partial charge in [-0.1, -0.05) is 0 Å². The Kier molecular flexibility index (Phi) is 4.75. The summed E-state index contributed by atoms with van der Waals surface area (Å²) in [6.07, 6.45) is 0. The van der Waals surface area contributed by atoms with Crippen molar-refractivity contribution in [2.24, 2.45) is 0 Å². The molecule has 1 aliphatic heterocycles. The number of hydrogen-bond donors (Lipinski definition) is 3. The van der Waals surface area contributed by atoms with E-state index in [1.807, 2.05) is 0 Å². The molecule has 0 radical (unpaired) electrons. The molecule has 7 heteroatoms. The molecular weight excluding hydrogens is 260 g/mol. The summed E-state index contributed by atoms with van der Waals surface area (Å²) in [5, 5.41) is 26.1. The molecule has 7 nitrogen and oxygen atoms in total. The largest absolute Gasteiger partial charge is 0.395 e. The molecule has 0 bridgehead atoms. The molecule has 1 aromatic rings. The Hall–Kier alpha value is -1.86. The number of nitro benzene ring substituents is 1. The molecule has 0 aromatic heterocycles. The predicted molar refractivity (Wildman–Crippen MR) is 78.3 cm³/mol. The number of aliphatic hydroxyl groups is 1. The van der Waals surface area contributed by atoms with E-state index in [4.69, 9.17) is 5.11 Å². The van der Waals surface area contributed by atoms with Crippen molar-refractivity contribution in [2.75, 3.05) is 43.0 Å². The van der Waals surface area contributed by atoms with E-state index in [0.717, 1.165) is 25.3 Å². The van der Waals surface area contributed by atoms with Gasteiger partial charge in [0.25, 0.3) is 5.69 Å². The van der Waals surface area contributed by atoms with Crippen LogP contribution in [0.25, 0.3) is 0 Å². The Morgan fingerprint density at radius 3 is 3.05 bits per heavy atom. The highest BCUT2D eigenvalue weighted by Gasteiger charge is 2.19. The van der Waals surface area contributed by atoms with Crippen LogP contribution in [-0.4, -0.2) is 48.9 Å². The fourth-order valence-corrected chi connectivity index (χ4v) is 2.38. The highest BCUT2D eigenvalue weighted by atomic mass is 16.6.